The molecular weight excluding hydrogens is 324 g/mol. The maximum Gasteiger partial charge on any atom is 0.322 e. The van der Waals surface area contributed by atoms with Crippen molar-refractivity contribution in [3.05, 3.63) is 29.8 Å². The van der Waals surface area contributed by atoms with E-state index in [1.54, 1.807) is 0 Å². The Morgan fingerprint density at radius 2 is 1.96 bits per heavy atom. The molecule has 0 fully saturated rings. The summed E-state index contributed by atoms with van der Waals surface area (Å²) in [6.45, 7) is 9.62. The van der Waals surface area contributed by atoms with E-state index < -0.39 is 4.75 Å². The largest absolute Gasteiger partial charge is 0.465 e. The Morgan fingerprint density at radius 1 is 1.25 bits per heavy atom. The molecule has 24 heavy (non-hydrogen) atoms. The lowest BCUT2D eigenvalue weighted by Gasteiger charge is -2.20. The maximum atomic E-state index is 12.1. The summed E-state index contributed by atoms with van der Waals surface area (Å²) in [4.78, 5) is 14.2. The smallest absolute Gasteiger partial charge is 0.322 e. The standard InChI is InChI=1S/C17H22N4O2S/c1-5-23-14(22)17(3,4)24-16-19-18-15-20(10-11-21(15)16)13-8-6-12(2)7-9-13/h6-9H,5,10-11H2,1-4H3. The van der Waals surface area contributed by atoms with Gasteiger partial charge in [-0.25, -0.2) is 0 Å². The van der Waals surface area contributed by atoms with Crippen LogP contribution in [0.25, 0.3) is 0 Å². The second kappa shape index (κ2) is 6.47. The van der Waals surface area contributed by atoms with Crippen molar-refractivity contribution < 1.29 is 9.53 Å². The number of carbonyl (C=O) groups excluding carboxylic acids is 1. The molecule has 1 aliphatic heterocycles. The van der Waals surface area contributed by atoms with Crippen LogP contribution in [0.2, 0.25) is 0 Å². The Balaban J connectivity index is 1.82. The lowest BCUT2D eigenvalue weighted by molar-refractivity contribution is -0.145. The molecule has 7 heteroatoms. The van der Waals surface area contributed by atoms with Crippen molar-refractivity contribution in [2.45, 2.75) is 44.1 Å². The number of ether oxygens (including phenoxy) is 1. The molecular formula is C17H22N4O2S. The monoisotopic (exact) mass is 346 g/mol. The zero-order valence-corrected chi connectivity index (χ0v) is 15.3. The molecule has 0 amide bonds. The molecule has 1 aliphatic rings. The average molecular weight is 346 g/mol. The Bertz CT molecular complexity index is 740. The first-order valence-corrected chi connectivity index (χ1v) is 8.87. The van der Waals surface area contributed by atoms with Gasteiger partial charge in [-0.1, -0.05) is 29.5 Å². The first kappa shape index (κ1) is 16.8. The SMILES string of the molecule is CCOC(=O)C(C)(C)Sc1nnc2n1CCN2c1ccc(C)cc1. The van der Waals surface area contributed by atoms with Gasteiger partial charge in [-0.05, 0) is 39.8 Å². The minimum atomic E-state index is -0.697. The third-order valence-electron chi connectivity index (χ3n) is 3.95. The number of hydrogen-bond acceptors (Lipinski definition) is 6. The van der Waals surface area contributed by atoms with Gasteiger partial charge in [-0.15, -0.1) is 10.2 Å². The van der Waals surface area contributed by atoms with Crippen LogP contribution in [0.4, 0.5) is 11.6 Å². The van der Waals surface area contributed by atoms with Crippen molar-refractivity contribution in [1.82, 2.24) is 14.8 Å². The molecule has 1 aromatic heterocycles. The zero-order valence-electron chi connectivity index (χ0n) is 14.4. The van der Waals surface area contributed by atoms with Gasteiger partial charge in [0.15, 0.2) is 5.16 Å². The fourth-order valence-electron chi connectivity index (χ4n) is 2.60. The summed E-state index contributed by atoms with van der Waals surface area (Å²) < 4.78 is 6.51. The Kier molecular flexibility index (Phi) is 4.54. The highest BCUT2D eigenvalue weighted by molar-refractivity contribution is 8.01. The number of hydrogen-bond donors (Lipinski definition) is 0. The number of carbonyl (C=O) groups is 1. The highest BCUT2D eigenvalue weighted by atomic mass is 32.2. The van der Waals surface area contributed by atoms with E-state index in [1.165, 1.54) is 17.3 Å². The molecule has 0 aliphatic carbocycles. The number of anilines is 2. The summed E-state index contributed by atoms with van der Waals surface area (Å²) >= 11 is 1.39. The van der Waals surface area contributed by atoms with Crippen LogP contribution in [0.3, 0.4) is 0 Å². The molecule has 0 radical (unpaired) electrons. The van der Waals surface area contributed by atoms with E-state index in [4.69, 9.17) is 4.74 Å². The Hall–Kier alpha value is -2.02. The van der Waals surface area contributed by atoms with Crippen LogP contribution < -0.4 is 4.90 Å². The molecule has 128 valence electrons. The third-order valence-corrected chi connectivity index (χ3v) is 5.11. The van der Waals surface area contributed by atoms with Gasteiger partial charge in [0.25, 0.3) is 0 Å². The minimum absolute atomic E-state index is 0.235. The molecule has 2 heterocycles. The summed E-state index contributed by atoms with van der Waals surface area (Å²) in [7, 11) is 0. The van der Waals surface area contributed by atoms with E-state index in [0.717, 1.165) is 29.9 Å². The summed E-state index contributed by atoms with van der Waals surface area (Å²) in [5.41, 5.74) is 2.33. The van der Waals surface area contributed by atoms with Crippen LogP contribution in [-0.4, -0.2) is 38.6 Å². The molecule has 6 nitrogen and oxygen atoms in total. The third kappa shape index (κ3) is 3.13. The average Bonchev–Trinajstić information content (AvgIpc) is 3.11. The number of aryl methyl sites for hydroxylation is 1. The number of esters is 1. The number of benzene rings is 1. The zero-order chi connectivity index (χ0) is 17.3. The van der Waals surface area contributed by atoms with Gasteiger partial charge in [0.1, 0.15) is 4.75 Å². The van der Waals surface area contributed by atoms with E-state index in [-0.39, 0.29) is 5.97 Å². The number of fused-ring (bicyclic) bond motifs is 1. The van der Waals surface area contributed by atoms with Gasteiger partial charge in [0, 0.05) is 18.8 Å². The van der Waals surface area contributed by atoms with Gasteiger partial charge in [-0.2, -0.15) is 0 Å². The molecule has 0 atom stereocenters. The first-order valence-electron chi connectivity index (χ1n) is 8.06. The number of aromatic nitrogens is 3. The predicted octanol–water partition coefficient (Wildman–Crippen LogP) is 3.17. The quantitative estimate of drug-likeness (QED) is 0.612. The van der Waals surface area contributed by atoms with Crippen LogP contribution in [-0.2, 0) is 16.1 Å². The Labute approximate surface area is 146 Å². The molecule has 2 aromatic rings. The summed E-state index contributed by atoms with van der Waals surface area (Å²) in [5, 5.41) is 9.37. The van der Waals surface area contributed by atoms with Crippen molar-refractivity contribution in [2.75, 3.05) is 18.1 Å². The number of nitrogens with zero attached hydrogens (tertiary/aromatic N) is 4. The summed E-state index contributed by atoms with van der Waals surface area (Å²) in [6.07, 6.45) is 0. The minimum Gasteiger partial charge on any atom is -0.465 e. The summed E-state index contributed by atoms with van der Waals surface area (Å²) in [5.74, 6) is 0.585. The Morgan fingerprint density at radius 3 is 2.62 bits per heavy atom. The fourth-order valence-corrected chi connectivity index (χ4v) is 3.56. The molecule has 3 rings (SSSR count). The van der Waals surface area contributed by atoms with Crippen molar-refractivity contribution in [1.29, 1.82) is 0 Å². The molecule has 0 saturated heterocycles. The van der Waals surface area contributed by atoms with Gasteiger partial charge < -0.3 is 9.64 Å². The van der Waals surface area contributed by atoms with Gasteiger partial charge in [0.2, 0.25) is 5.95 Å². The number of rotatable bonds is 5. The normalized spacial score (nSPS) is 13.9. The van der Waals surface area contributed by atoms with Crippen molar-refractivity contribution in [2.24, 2.45) is 0 Å². The molecule has 0 bridgehead atoms. The van der Waals surface area contributed by atoms with Crippen LogP contribution in [0.5, 0.6) is 0 Å². The summed E-state index contributed by atoms with van der Waals surface area (Å²) in [6, 6.07) is 8.37. The van der Waals surface area contributed by atoms with Gasteiger partial charge in [0.05, 0.1) is 6.61 Å². The molecule has 0 N–H and O–H groups in total. The molecule has 0 unspecified atom stereocenters. The van der Waals surface area contributed by atoms with Crippen LogP contribution in [0.15, 0.2) is 29.4 Å². The first-order chi connectivity index (χ1) is 11.4. The van der Waals surface area contributed by atoms with Crippen molar-refractivity contribution in [3.63, 3.8) is 0 Å². The molecule has 1 aromatic carbocycles. The van der Waals surface area contributed by atoms with Crippen LogP contribution in [0, 0.1) is 6.92 Å². The lowest BCUT2D eigenvalue weighted by atomic mass is 10.2. The molecule has 0 spiro atoms. The second-order valence-electron chi connectivity index (χ2n) is 6.25. The predicted molar refractivity (Wildman–Crippen MR) is 94.8 cm³/mol. The van der Waals surface area contributed by atoms with E-state index in [2.05, 4.69) is 50.9 Å². The highest BCUT2D eigenvalue weighted by Crippen LogP contribution is 2.37. The van der Waals surface area contributed by atoms with E-state index >= 15 is 0 Å². The van der Waals surface area contributed by atoms with E-state index in [0.29, 0.717) is 6.61 Å². The van der Waals surface area contributed by atoms with E-state index in [1.807, 2.05) is 20.8 Å². The van der Waals surface area contributed by atoms with Gasteiger partial charge in [-0.3, -0.25) is 9.36 Å². The molecule has 0 saturated carbocycles. The second-order valence-corrected chi connectivity index (χ2v) is 7.84. The van der Waals surface area contributed by atoms with Crippen molar-refractivity contribution in [3.8, 4) is 0 Å². The fraction of sp³-hybridized carbons (Fsp3) is 0.471. The van der Waals surface area contributed by atoms with Gasteiger partial charge >= 0.3 is 5.97 Å². The van der Waals surface area contributed by atoms with Crippen LogP contribution >= 0.6 is 11.8 Å². The highest BCUT2D eigenvalue weighted by Gasteiger charge is 2.35. The lowest BCUT2D eigenvalue weighted by Crippen LogP contribution is -2.30. The number of thioether (sulfide) groups is 1. The van der Waals surface area contributed by atoms with Crippen molar-refractivity contribution >= 4 is 29.4 Å². The topological polar surface area (TPSA) is 60.2 Å². The van der Waals surface area contributed by atoms with E-state index in [9.17, 15) is 4.79 Å². The van der Waals surface area contributed by atoms with Crippen LogP contribution in [0.1, 0.15) is 26.3 Å². The maximum absolute atomic E-state index is 12.1.